The Hall–Kier alpha value is -2.54. The Bertz CT molecular complexity index is 942. The van der Waals surface area contributed by atoms with Crippen LogP contribution in [0.4, 0.5) is 4.79 Å². The van der Waals surface area contributed by atoms with E-state index in [2.05, 4.69) is 22.9 Å². The average molecular weight is 414 g/mol. The molecule has 2 heterocycles. The van der Waals surface area contributed by atoms with Gasteiger partial charge in [-0.05, 0) is 45.2 Å². The lowest BCUT2D eigenvalue weighted by Gasteiger charge is -2.35. The van der Waals surface area contributed by atoms with Crippen molar-refractivity contribution in [2.24, 2.45) is 7.05 Å². The third-order valence-corrected chi connectivity index (χ3v) is 5.58. The Morgan fingerprint density at radius 2 is 1.97 bits per heavy atom. The Labute approximate surface area is 177 Å². The van der Waals surface area contributed by atoms with Crippen LogP contribution in [0.5, 0.6) is 0 Å². The van der Waals surface area contributed by atoms with Gasteiger partial charge in [-0.2, -0.15) is 0 Å². The van der Waals surface area contributed by atoms with Crippen molar-refractivity contribution < 1.29 is 19.1 Å². The molecule has 1 atom stereocenters. The maximum Gasteiger partial charge on any atom is 0.410 e. The van der Waals surface area contributed by atoms with Crippen molar-refractivity contribution >= 4 is 22.9 Å². The van der Waals surface area contributed by atoms with Crippen LogP contribution in [0, 0.1) is 0 Å². The topological polar surface area (TPSA) is 64.0 Å². The quantitative estimate of drug-likeness (QED) is 0.772. The average Bonchev–Trinajstić information content (AvgIpc) is 3.49. The summed E-state index contributed by atoms with van der Waals surface area (Å²) in [6, 6.07) is 8.49. The molecule has 1 saturated carbocycles. The molecule has 30 heavy (non-hydrogen) atoms. The molecular weight excluding hydrogens is 382 g/mol. The summed E-state index contributed by atoms with van der Waals surface area (Å²) < 4.78 is 13.4. The monoisotopic (exact) mass is 413 g/mol. The van der Waals surface area contributed by atoms with Gasteiger partial charge in [0.15, 0.2) is 6.10 Å². The van der Waals surface area contributed by atoms with Crippen LogP contribution in [0.3, 0.4) is 0 Å². The zero-order valence-corrected chi connectivity index (χ0v) is 18.3. The molecule has 4 rings (SSSR count). The van der Waals surface area contributed by atoms with Gasteiger partial charge in [0.05, 0.1) is 13.2 Å². The smallest absolute Gasteiger partial charge is 0.410 e. The summed E-state index contributed by atoms with van der Waals surface area (Å²) in [5.74, 6) is -0.0429. The first-order valence-corrected chi connectivity index (χ1v) is 10.7. The van der Waals surface area contributed by atoms with E-state index in [0.717, 1.165) is 23.9 Å². The summed E-state index contributed by atoms with van der Waals surface area (Å²) >= 11 is 0. The van der Waals surface area contributed by atoms with Gasteiger partial charge < -0.3 is 23.8 Å². The molecule has 2 aliphatic rings. The molecule has 1 aliphatic carbocycles. The molecule has 0 N–H and O–H groups in total. The van der Waals surface area contributed by atoms with Crippen LogP contribution in [0.1, 0.15) is 39.2 Å². The number of nitrogens with zero attached hydrogens (tertiary/aromatic N) is 3. The van der Waals surface area contributed by atoms with Gasteiger partial charge in [-0.1, -0.05) is 18.2 Å². The highest BCUT2D eigenvalue weighted by Crippen LogP contribution is 2.32. The molecular formula is C23H31N3O4. The van der Waals surface area contributed by atoms with Crippen LogP contribution in [0.25, 0.3) is 10.9 Å². The molecule has 0 bridgehead atoms. The number of carbonyl (C=O) groups excluding carboxylic acids is 2. The molecule has 0 radical (unpaired) electrons. The Morgan fingerprint density at radius 1 is 1.23 bits per heavy atom. The summed E-state index contributed by atoms with van der Waals surface area (Å²) in [5, 5.41) is 1.17. The van der Waals surface area contributed by atoms with E-state index in [1.165, 1.54) is 5.39 Å². The Kier molecular flexibility index (Phi) is 5.49. The van der Waals surface area contributed by atoms with E-state index in [1.807, 2.05) is 44.9 Å². The lowest BCUT2D eigenvalue weighted by molar-refractivity contribution is -0.150. The van der Waals surface area contributed by atoms with Gasteiger partial charge in [0.25, 0.3) is 5.91 Å². The number of carbonyl (C=O) groups is 2. The second kappa shape index (κ2) is 7.95. The largest absolute Gasteiger partial charge is 0.444 e. The van der Waals surface area contributed by atoms with Crippen LogP contribution in [-0.4, -0.2) is 63.8 Å². The third kappa shape index (κ3) is 4.46. The molecule has 1 aromatic carbocycles. The number of rotatable bonds is 4. The molecule has 1 unspecified atom stereocenters. The van der Waals surface area contributed by atoms with E-state index in [9.17, 15) is 9.59 Å². The van der Waals surface area contributed by atoms with E-state index < -0.39 is 17.8 Å². The SMILES string of the molecule is Cn1cc(CN(C(=O)C2CN(C(=O)OC(C)(C)C)CCO2)C2CC2)c2ccccc21. The fourth-order valence-electron chi connectivity index (χ4n) is 3.98. The van der Waals surface area contributed by atoms with Gasteiger partial charge in [-0.15, -0.1) is 0 Å². The van der Waals surface area contributed by atoms with Crippen LogP contribution < -0.4 is 0 Å². The summed E-state index contributed by atoms with van der Waals surface area (Å²) in [5.41, 5.74) is 1.72. The number of para-hydroxylation sites is 1. The number of amides is 2. The summed E-state index contributed by atoms with van der Waals surface area (Å²) in [4.78, 5) is 29.4. The van der Waals surface area contributed by atoms with Crippen molar-refractivity contribution in [3.8, 4) is 0 Å². The second-order valence-corrected chi connectivity index (χ2v) is 9.27. The normalized spacial score (nSPS) is 19.7. The van der Waals surface area contributed by atoms with Crippen molar-refractivity contribution in [2.45, 2.75) is 57.9 Å². The number of morpholine rings is 1. The molecule has 2 amide bonds. The fourth-order valence-corrected chi connectivity index (χ4v) is 3.98. The highest BCUT2D eigenvalue weighted by atomic mass is 16.6. The van der Waals surface area contributed by atoms with Crippen LogP contribution >= 0.6 is 0 Å². The van der Waals surface area contributed by atoms with E-state index in [1.54, 1.807) is 4.90 Å². The van der Waals surface area contributed by atoms with Crippen LogP contribution in [-0.2, 0) is 27.9 Å². The number of ether oxygens (including phenoxy) is 2. The van der Waals surface area contributed by atoms with Crippen molar-refractivity contribution in [2.75, 3.05) is 19.7 Å². The van der Waals surface area contributed by atoms with Crippen molar-refractivity contribution in [1.82, 2.24) is 14.4 Å². The number of aryl methyl sites for hydroxylation is 1. The third-order valence-electron chi connectivity index (χ3n) is 5.58. The molecule has 2 fully saturated rings. The van der Waals surface area contributed by atoms with E-state index in [-0.39, 0.29) is 18.5 Å². The molecule has 7 nitrogen and oxygen atoms in total. The summed E-state index contributed by atoms with van der Waals surface area (Å²) in [6.45, 7) is 7.07. The van der Waals surface area contributed by atoms with Gasteiger partial charge in [-0.25, -0.2) is 4.79 Å². The van der Waals surface area contributed by atoms with Crippen molar-refractivity contribution in [3.63, 3.8) is 0 Å². The molecule has 1 aromatic heterocycles. The van der Waals surface area contributed by atoms with Gasteiger partial charge >= 0.3 is 6.09 Å². The highest BCUT2D eigenvalue weighted by Gasteiger charge is 2.39. The number of hydrogen-bond donors (Lipinski definition) is 0. The van der Waals surface area contributed by atoms with Crippen molar-refractivity contribution in [1.29, 1.82) is 0 Å². The summed E-state index contributed by atoms with van der Waals surface area (Å²) in [7, 11) is 2.03. The van der Waals surface area contributed by atoms with Gasteiger partial charge in [-0.3, -0.25) is 4.79 Å². The minimum atomic E-state index is -0.651. The Morgan fingerprint density at radius 3 is 2.67 bits per heavy atom. The number of hydrogen-bond acceptors (Lipinski definition) is 4. The summed E-state index contributed by atoms with van der Waals surface area (Å²) in [6.07, 6.45) is 3.08. The maximum absolute atomic E-state index is 13.4. The highest BCUT2D eigenvalue weighted by molar-refractivity contribution is 5.86. The molecule has 7 heteroatoms. The number of fused-ring (bicyclic) bond motifs is 1. The predicted molar refractivity (Wildman–Crippen MR) is 114 cm³/mol. The van der Waals surface area contributed by atoms with Crippen LogP contribution in [0.15, 0.2) is 30.5 Å². The molecule has 162 valence electrons. The first kappa shape index (κ1) is 20.7. The molecule has 1 saturated heterocycles. The first-order valence-electron chi connectivity index (χ1n) is 10.7. The maximum atomic E-state index is 13.4. The van der Waals surface area contributed by atoms with Gasteiger partial charge in [0.1, 0.15) is 5.60 Å². The second-order valence-electron chi connectivity index (χ2n) is 9.27. The van der Waals surface area contributed by atoms with Gasteiger partial charge in [0, 0.05) is 43.3 Å². The molecule has 2 aromatic rings. The standard InChI is InChI=1S/C23H31N3O4/c1-23(2,3)30-22(28)25-11-12-29-20(15-25)21(27)26(17-9-10-17)14-16-13-24(4)19-8-6-5-7-18(16)19/h5-8,13,17,20H,9-12,14-15H2,1-4H3. The number of aromatic nitrogens is 1. The lowest BCUT2D eigenvalue weighted by Crippen LogP contribution is -2.53. The molecule has 0 spiro atoms. The number of benzene rings is 1. The molecule has 1 aliphatic heterocycles. The van der Waals surface area contributed by atoms with Crippen molar-refractivity contribution in [3.05, 3.63) is 36.0 Å². The fraction of sp³-hybridized carbons (Fsp3) is 0.565. The van der Waals surface area contributed by atoms with Gasteiger partial charge in [0.2, 0.25) is 0 Å². The van der Waals surface area contributed by atoms with E-state index >= 15 is 0 Å². The zero-order valence-electron chi connectivity index (χ0n) is 18.3. The zero-order chi connectivity index (χ0) is 21.5. The first-order chi connectivity index (χ1) is 14.2. The Balaban J connectivity index is 1.49. The van der Waals surface area contributed by atoms with E-state index in [4.69, 9.17) is 9.47 Å². The van der Waals surface area contributed by atoms with Crippen LogP contribution in [0.2, 0.25) is 0 Å². The minimum absolute atomic E-state index is 0.0429. The predicted octanol–water partition coefficient (Wildman–Crippen LogP) is 3.31. The minimum Gasteiger partial charge on any atom is -0.444 e. The lowest BCUT2D eigenvalue weighted by atomic mass is 10.1. The van der Waals surface area contributed by atoms with E-state index in [0.29, 0.717) is 19.7 Å².